The van der Waals surface area contributed by atoms with E-state index < -0.39 is 0 Å². The van der Waals surface area contributed by atoms with E-state index in [1.807, 2.05) is 42.5 Å². The standard InChI is InChI=1S/C28H31ClFN3O2/c1-32-10-12-33(13-11-32)14-15-35-28-17-21(16-25(30)18-28)2-9-27(34)19-26-8-5-23(20-31-26)22-3-6-24(29)7-4-22/h3-8,16-18,20H,2,9-15,19H2,1H3. The van der Waals surface area contributed by atoms with Gasteiger partial charge in [0.2, 0.25) is 0 Å². The Morgan fingerprint density at radius 1 is 1.03 bits per heavy atom. The number of aromatic nitrogens is 1. The summed E-state index contributed by atoms with van der Waals surface area (Å²) in [6.45, 7) is 5.50. The first-order valence-electron chi connectivity index (χ1n) is 12.0. The van der Waals surface area contributed by atoms with Crippen molar-refractivity contribution >= 4 is 17.4 Å². The normalized spacial score (nSPS) is 14.7. The van der Waals surface area contributed by atoms with Gasteiger partial charge in [0, 0.05) is 74.1 Å². The zero-order valence-electron chi connectivity index (χ0n) is 20.1. The molecule has 3 aromatic rings. The fourth-order valence-electron chi connectivity index (χ4n) is 4.13. The number of rotatable bonds is 10. The minimum atomic E-state index is -0.344. The number of Topliss-reactive ketones (excluding diaryl/α,β-unsaturated/α-hetero) is 1. The number of halogens is 2. The summed E-state index contributed by atoms with van der Waals surface area (Å²) in [5, 5.41) is 0.687. The first-order chi connectivity index (χ1) is 16.9. The van der Waals surface area contributed by atoms with Crippen molar-refractivity contribution in [3.8, 4) is 16.9 Å². The summed E-state index contributed by atoms with van der Waals surface area (Å²) in [6.07, 6.45) is 2.81. The molecule has 0 aliphatic carbocycles. The van der Waals surface area contributed by atoms with Crippen molar-refractivity contribution < 1.29 is 13.9 Å². The Bertz CT molecular complexity index is 1110. The van der Waals surface area contributed by atoms with Crippen LogP contribution in [0.5, 0.6) is 5.75 Å². The number of aryl methyl sites for hydroxylation is 1. The van der Waals surface area contributed by atoms with Crippen molar-refractivity contribution in [2.45, 2.75) is 19.3 Å². The van der Waals surface area contributed by atoms with Crippen LogP contribution in [-0.4, -0.2) is 66.9 Å². The van der Waals surface area contributed by atoms with Crippen LogP contribution in [0.1, 0.15) is 17.7 Å². The average molecular weight is 496 g/mol. The van der Waals surface area contributed by atoms with E-state index in [1.54, 1.807) is 6.20 Å². The van der Waals surface area contributed by atoms with Crippen molar-refractivity contribution in [2.75, 3.05) is 46.4 Å². The molecule has 0 unspecified atom stereocenters. The van der Waals surface area contributed by atoms with Crippen LogP contribution in [0.3, 0.4) is 0 Å². The van der Waals surface area contributed by atoms with Crippen molar-refractivity contribution in [1.29, 1.82) is 0 Å². The molecule has 0 radical (unpaired) electrons. The maximum atomic E-state index is 14.1. The molecule has 7 heteroatoms. The molecule has 2 heterocycles. The van der Waals surface area contributed by atoms with E-state index in [4.69, 9.17) is 16.3 Å². The van der Waals surface area contributed by atoms with Crippen molar-refractivity contribution in [3.63, 3.8) is 0 Å². The van der Waals surface area contributed by atoms with Crippen molar-refractivity contribution in [2.24, 2.45) is 0 Å². The van der Waals surface area contributed by atoms with Crippen LogP contribution in [0.4, 0.5) is 4.39 Å². The van der Waals surface area contributed by atoms with E-state index in [1.165, 1.54) is 12.1 Å². The molecule has 2 aromatic carbocycles. The van der Waals surface area contributed by atoms with E-state index in [9.17, 15) is 9.18 Å². The van der Waals surface area contributed by atoms with E-state index in [0.29, 0.717) is 30.2 Å². The van der Waals surface area contributed by atoms with Gasteiger partial charge in [0.05, 0.1) is 0 Å². The summed E-state index contributed by atoms with van der Waals surface area (Å²) in [7, 11) is 2.13. The fraction of sp³-hybridized carbons (Fsp3) is 0.357. The maximum Gasteiger partial charge on any atom is 0.139 e. The number of carbonyl (C=O) groups is 1. The summed E-state index contributed by atoms with van der Waals surface area (Å²) in [5.74, 6) is 0.239. The zero-order chi connectivity index (χ0) is 24.6. The zero-order valence-corrected chi connectivity index (χ0v) is 20.8. The van der Waals surface area contributed by atoms with Gasteiger partial charge in [-0.25, -0.2) is 4.39 Å². The van der Waals surface area contributed by atoms with Crippen LogP contribution in [0, 0.1) is 5.82 Å². The van der Waals surface area contributed by atoms with Gasteiger partial charge in [0.15, 0.2) is 0 Å². The molecule has 1 aliphatic rings. The third kappa shape index (κ3) is 7.85. The topological polar surface area (TPSA) is 45.7 Å². The summed E-state index contributed by atoms with van der Waals surface area (Å²) in [4.78, 5) is 21.6. The molecule has 0 bridgehead atoms. The molecule has 0 atom stereocenters. The van der Waals surface area contributed by atoms with Crippen LogP contribution in [0.2, 0.25) is 5.02 Å². The van der Waals surface area contributed by atoms with E-state index in [2.05, 4.69) is 21.8 Å². The molecule has 184 valence electrons. The number of likely N-dealkylation sites (N-methyl/N-ethyl adjacent to an activating group) is 1. The molecule has 1 saturated heterocycles. The summed E-state index contributed by atoms with van der Waals surface area (Å²) >= 11 is 5.94. The Labute approximate surface area is 211 Å². The van der Waals surface area contributed by atoms with Gasteiger partial charge < -0.3 is 9.64 Å². The second-order valence-electron chi connectivity index (χ2n) is 9.05. The molecule has 0 spiro atoms. The van der Waals surface area contributed by atoms with Crippen LogP contribution in [0.15, 0.2) is 60.8 Å². The van der Waals surface area contributed by atoms with E-state index >= 15 is 0 Å². The second-order valence-corrected chi connectivity index (χ2v) is 9.49. The lowest BCUT2D eigenvalue weighted by Crippen LogP contribution is -2.45. The highest BCUT2D eigenvalue weighted by Crippen LogP contribution is 2.21. The number of hydrogen-bond donors (Lipinski definition) is 0. The van der Waals surface area contributed by atoms with Crippen molar-refractivity contribution in [1.82, 2.24) is 14.8 Å². The molecule has 5 nitrogen and oxygen atoms in total. The van der Waals surface area contributed by atoms with Gasteiger partial charge in [0.25, 0.3) is 0 Å². The largest absolute Gasteiger partial charge is 0.492 e. The van der Waals surface area contributed by atoms with Gasteiger partial charge in [-0.2, -0.15) is 0 Å². The minimum Gasteiger partial charge on any atom is -0.492 e. The van der Waals surface area contributed by atoms with Crippen LogP contribution < -0.4 is 4.74 Å². The number of carbonyl (C=O) groups excluding carboxylic acids is 1. The van der Waals surface area contributed by atoms with Gasteiger partial charge in [-0.1, -0.05) is 29.8 Å². The molecule has 0 N–H and O–H groups in total. The second kappa shape index (κ2) is 12.2. The first kappa shape index (κ1) is 25.3. The maximum absolute atomic E-state index is 14.1. The predicted octanol–water partition coefficient (Wildman–Crippen LogP) is 4.91. The van der Waals surface area contributed by atoms with Gasteiger partial charge in [0.1, 0.15) is 24.0 Å². The van der Waals surface area contributed by atoms with Crippen LogP contribution >= 0.6 is 11.6 Å². The van der Waals surface area contributed by atoms with Crippen LogP contribution in [-0.2, 0) is 17.6 Å². The highest BCUT2D eigenvalue weighted by Gasteiger charge is 2.14. The van der Waals surface area contributed by atoms with Gasteiger partial charge in [-0.3, -0.25) is 14.7 Å². The molecule has 0 amide bonds. The third-order valence-electron chi connectivity index (χ3n) is 6.28. The first-order valence-corrected chi connectivity index (χ1v) is 12.4. The smallest absolute Gasteiger partial charge is 0.139 e. The van der Waals surface area contributed by atoms with E-state index in [0.717, 1.165) is 55.1 Å². The SMILES string of the molecule is CN1CCN(CCOc2cc(F)cc(CCC(=O)Cc3ccc(-c4ccc(Cl)cc4)cn3)c2)CC1. The van der Waals surface area contributed by atoms with Crippen molar-refractivity contribution in [3.05, 3.63) is 82.9 Å². The molecule has 35 heavy (non-hydrogen) atoms. The number of ether oxygens (including phenoxy) is 1. The Kier molecular flexibility index (Phi) is 8.85. The highest BCUT2D eigenvalue weighted by atomic mass is 35.5. The number of piperazine rings is 1. The Morgan fingerprint density at radius 2 is 1.77 bits per heavy atom. The quantitative estimate of drug-likeness (QED) is 0.400. The van der Waals surface area contributed by atoms with Gasteiger partial charge in [-0.05, 0) is 54.9 Å². The molecule has 4 rings (SSSR count). The minimum absolute atomic E-state index is 0.0681. The highest BCUT2D eigenvalue weighted by molar-refractivity contribution is 6.30. The molecular formula is C28H31ClFN3O2. The third-order valence-corrected chi connectivity index (χ3v) is 6.53. The predicted molar refractivity (Wildman–Crippen MR) is 138 cm³/mol. The molecule has 0 saturated carbocycles. The van der Waals surface area contributed by atoms with Crippen LogP contribution in [0.25, 0.3) is 11.1 Å². The Balaban J connectivity index is 1.24. The molecular weight excluding hydrogens is 465 g/mol. The summed E-state index contributed by atoms with van der Waals surface area (Å²) < 4.78 is 19.9. The average Bonchev–Trinajstić information content (AvgIpc) is 2.85. The monoisotopic (exact) mass is 495 g/mol. The lowest BCUT2D eigenvalue weighted by atomic mass is 10.0. The van der Waals surface area contributed by atoms with Gasteiger partial charge in [-0.15, -0.1) is 0 Å². The number of benzene rings is 2. The fourth-order valence-corrected chi connectivity index (χ4v) is 4.25. The molecule has 1 fully saturated rings. The number of nitrogens with zero attached hydrogens (tertiary/aromatic N) is 3. The summed E-state index contributed by atoms with van der Waals surface area (Å²) in [6, 6.07) is 16.1. The Morgan fingerprint density at radius 3 is 2.49 bits per heavy atom. The summed E-state index contributed by atoms with van der Waals surface area (Å²) in [5.41, 5.74) is 3.48. The lowest BCUT2D eigenvalue weighted by molar-refractivity contribution is -0.118. The molecule has 1 aliphatic heterocycles. The van der Waals surface area contributed by atoms with E-state index in [-0.39, 0.29) is 18.0 Å². The lowest BCUT2D eigenvalue weighted by Gasteiger charge is -2.32. The number of hydrogen-bond acceptors (Lipinski definition) is 5. The van der Waals surface area contributed by atoms with Gasteiger partial charge >= 0.3 is 0 Å². The molecule has 1 aromatic heterocycles. The number of ketones is 1. The Hall–Kier alpha value is -2.80. The number of pyridine rings is 1.